The van der Waals surface area contributed by atoms with Gasteiger partial charge in [0.2, 0.25) is 0 Å². The molecule has 2 aliphatic rings. The van der Waals surface area contributed by atoms with E-state index in [4.69, 9.17) is 4.74 Å². The van der Waals surface area contributed by atoms with Crippen LogP contribution < -0.4 is 5.32 Å². The van der Waals surface area contributed by atoms with Gasteiger partial charge in [-0.3, -0.25) is 4.90 Å². The lowest BCUT2D eigenvalue weighted by molar-refractivity contribution is 0.0386. The molecule has 2 unspecified atom stereocenters. The molecule has 1 amide bonds. The molecule has 2 rings (SSSR count). The van der Waals surface area contributed by atoms with Gasteiger partial charge in [0.1, 0.15) is 5.60 Å². The molecule has 0 aromatic carbocycles. The third-order valence-corrected chi connectivity index (χ3v) is 2.38. The highest BCUT2D eigenvalue weighted by atomic mass is 16.6. The van der Waals surface area contributed by atoms with Crippen molar-refractivity contribution in [2.24, 2.45) is 0 Å². The molecule has 0 aromatic rings. The van der Waals surface area contributed by atoms with E-state index in [2.05, 4.69) is 5.32 Å². The third kappa shape index (κ3) is 1.63. The highest BCUT2D eigenvalue weighted by Crippen LogP contribution is 2.32. The van der Waals surface area contributed by atoms with Crippen molar-refractivity contribution >= 4 is 6.09 Å². The maximum Gasteiger partial charge on any atom is 0.411 e. The van der Waals surface area contributed by atoms with Gasteiger partial charge < -0.3 is 10.1 Å². The van der Waals surface area contributed by atoms with E-state index in [1.807, 2.05) is 25.7 Å². The highest BCUT2D eigenvalue weighted by molar-refractivity contribution is 5.73. The molecule has 2 aliphatic heterocycles. The summed E-state index contributed by atoms with van der Waals surface area (Å²) in [4.78, 5) is 13.3. The van der Waals surface area contributed by atoms with E-state index in [0.29, 0.717) is 12.1 Å². The van der Waals surface area contributed by atoms with Crippen molar-refractivity contribution in [3.05, 3.63) is 0 Å². The average molecular weight is 184 g/mol. The van der Waals surface area contributed by atoms with Crippen molar-refractivity contribution < 1.29 is 9.53 Å². The Hall–Kier alpha value is -0.770. The second kappa shape index (κ2) is 2.61. The Kier molecular flexibility index (Phi) is 1.77. The Labute approximate surface area is 78.2 Å². The van der Waals surface area contributed by atoms with Crippen molar-refractivity contribution in [3.63, 3.8) is 0 Å². The summed E-state index contributed by atoms with van der Waals surface area (Å²) in [6.45, 7) is 7.51. The first-order chi connectivity index (χ1) is 5.99. The molecule has 4 heteroatoms. The van der Waals surface area contributed by atoms with Crippen LogP contribution in [0.2, 0.25) is 0 Å². The van der Waals surface area contributed by atoms with Gasteiger partial charge in [-0.25, -0.2) is 4.79 Å². The Balaban J connectivity index is 1.87. The molecule has 0 aliphatic carbocycles. The van der Waals surface area contributed by atoms with Gasteiger partial charge in [-0.2, -0.15) is 0 Å². The van der Waals surface area contributed by atoms with Gasteiger partial charge in [-0.1, -0.05) is 0 Å². The zero-order valence-electron chi connectivity index (χ0n) is 8.33. The van der Waals surface area contributed by atoms with Crippen LogP contribution in [0.25, 0.3) is 0 Å². The second-order valence-corrected chi connectivity index (χ2v) is 4.68. The van der Waals surface area contributed by atoms with Crippen LogP contribution in [0.15, 0.2) is 0 Å². The van der Waals surface area contributed by atoms with Crippen molar-refractivity contribution in [2.45, 2.75) is 38.5 Å². The zero-order valence-corrected chi connectivity index (χ0v) is 8.33. The number of fused-ring (bicyclic) bond motifs is 1. The normalized spacial score (nSPS) is 31.5. The Morgan fingerprint density at radius 3 is 2.38 bits per heavy atom. The van der Waals surface area contributed by atoms with Crippen LogP contribution in [0.5, 0.6) is 0 Å². The van der Waals surface area contributed by atoms with Crippen molar-refractivity contribution in [1.82, 2.24) is 10.2 Å². The van der Waals surface area contributed by atoms with Crippen LogP contribution in [0.1, 0.15) is 20.8 Å². The first-order valence-electron chi connectivity index (χ1n) is 4.71. The summed E-state index contributed by atoms with van der Waals surface area (Å²) in [5.74, 6) is 0. The van der Waals surface area contributed by atoms with Crippen molar-refractivity contribution in [3.8, 4) is 0 Å². The number of piperazine rings is 1. The van der Waals surface area contributed by atoms with E-state index in [-0.39, 0.29) is 11.7 Å². The van der Waals surface area contributed by atoms with Crippen LogP contribution >= 0.6 is 0 Å². The molecule has 2 heterocycles. The monoisotopic (exact) mass is 184 g/mol. The van der Waals surface area contributed by atoms with Crippen molar-refractivity contribution in [1.29, 1.82) is 0 Å². The van der Waals surface area contributed by atoms with Crippen LogP contribution in [0.4, 0.5) is 4.79 Å². The highest BCUT2D eigenvalue weighted by Gasteiger charge is 2.55. The van der Waals surface area contributed by atoms with Crippen LogP contribution in [-0.2, 0) is 4.74 Å². The molecule has 13 heavy (non-hydrogen) atoms. The summed E-state index contributed by atoms with van der Waals surface area (Å²) >= 11 is 0. The predicted octanol–water partition coefficient (Wildman–Crippen LogP) is 0.577. The summed E-state index contributed by atoms with van der Waals surface area (Å²) in [6.07, 6.45) is -0.163. The molecule has 2 fully saturated rings. The number of hydrogen-bond acceptors (Lipinski definition) is 3. The summed E-state index contributed by atoms with van der Waals surface area (Å²) in [5.41, 5.74) is -0.374. The van der Waals surface area contributed by atoms with Gasteiger partial charge in [0, 0.05) is 13.1 Å². The van der Waals surface area contributed by atoms with E-state index < -0.39 is 0 Å². The van der Waals surface area contributed by atoms with E-state index in [0.717, 1.165) is 13.1 Å². The Morgan fingerprint density at radius 2 is 1.92 bits per heavy atom. The van der Waals surface area contributed by atoms with Crippen LogP contribution in [-0.4, -0.2) is 41.8 Å². The largest absolute Gasteiger partial charge is 0.444 e. The smallest absolute Gasteiger partial charge is 0.411 e. The molecule has 0 spiro atoms. The molecular formula is C9H16N2O2. The molecule has 74 valence electrons. The Bertz CT molecular complexity index is 224. The maximum absolute atomic E-state index is 11.5. The van der Waals surface area contributed by atoms with Gasteiger partial charge >= 0.3 is 6.09 Å². The molecule has 1 N–H and O–H groups in total. The number of nitrogens with one attached hydrogen (secondary N) is 1. The lowest BCUT2D eigenvalue weighted by atomic mass is 10.2. The minimum Gasteiger partial charge on any atom is -0.444 e. The summed E-state index contributed by atoms with van der Waals surface area (Å²) in [5, 5.41) is 3.22. The summed E-state index contributed by atoms with van der Waals surface area (Å²) in [6, 6.07) is 0.796. The predicted molar refractivity (Wildman–Crippen MR) is 48.5 cm³/mol. The number of carbonyl (C=O) groups is 1. The quantitative estimate of drug-likeness (QED) is 0.560. The van der Waals surface area contributed by atoms with Gasteiger partial charge in [-0.15, -0.1) is 0 Å². The third-order valence-electron chi connectivity index (χ3n) is 2.38. The zero-order chi connectivity index (χ0) is 9.64. The molecule has 0 saturated carbocycles. The van der Waals surface area contributed by atoms with Crippen LogP contribution in [0.3, 0.4) is 0 Å². The minimum atomic E-state index is -0.374. The SMILES string of the molecule is CC(C)(C)OC(=O)N1C2CNCC21. The van der Waals surface area contributed by atoms with Gasteiger partial charge in [0.15, 0.2) is 0 Å². The fourth-order valence-corrected chi connectivity index (χ4v) is 1.77. The molecule has 0 bridgehead atoms. The second-order valence-electron chi connectivity index (χ2n) is 4.68. The maximum atomic E-state index is 11.5. The number of amides is 1. The van der Waals surface area contributed by atoms with Gasteiger partial charge in [0.25, 0.3) is 0 Å². The van der Waals surface area contributed by atoms with Crippen LogP contribution in [0, 0.1) is 0 Å². The lowest BCUT2D eigenvalue weighted by Crippen LogP contribution is -2.32. The number of nitrogens with zero attached hydrogens (tertiary/aromatic N) is 1. The standard InChI is InChI=1S/C9H16N2O2/c1-9(2,3)13-8(12)11-6-4-10-5-7(6)11/h6-7,10H,4-5H2,1-3H3. The molecular weight excluding hydrogens is 168 g/mol. The van der Waals surface area contributed by atoms with Gasteiger partial charge in [-0.05, 0) is 20.8 Å². The number of rotatable bonds is 0. The molecule has 0 aromatic heterocycles. The molecule has 2 saturated heterocycles. The number of ether oxygens (including phenoxy) is 1. The summed E-state index contributed by atoms with van der Waals surface area (Å²) < 4.78 is 5.26. The number of hydrogen-bond donors (Lipinski definition) is 1. The fourth-order valence-electron chi connectivity index (χ4n) is 1.77. The fraction of sp³-hybridized carbons (Fsp3) is 0.889. The first kappa shape index (κ1) is 8.81. The van der Waals surface area contributed by atoms with E-state index in [1.54, 1.807) is 0 Å². The van der Waals surface area contributed by atoms with E-state index >= 15 is 0 Å². The molecule has 2 atom stereocenters. The van der Waals surface area contributed by atoms with Gasteiger partial charge in [0.05, 0.1) is 12.1 Å². The number of carbonyl (C=O) groups excluding carboxylic acids is 1. The Morgan fingerprint density at radius 1 is 1.38 bits per heavy atom. The first-order valence-corrected chi connectivity index (χ1v) is 4.71. The average Bonchev–Trinajstić information content (AvgIpc) is 2.44. The van der Waals surface area contributed by atoms with Crippen molar-refractivity contribution in [2.75, 3.05) is 13.1 Å². The van der Waals surface area contributed by atoms with E-state index in [1.165, 1.54) is 0 Å². The van der Waals surface area contributed by atoms with E-state index in [9.17, 15) is 4.79 Å². The minimum absolute atomic E-state index is 0.163. The molecule has 4 nitrogen and oxygen atoms in total. The lowest BCUT2D eigenvalue weighted by Gasteiger charge is -2.20. The molecule has 0 radical (unpaired) electrons. The topological polar surface area (TPSA) is 41.3 Å². The summed E-state index contributed by atoms with van der Waals surface area (Å²) in [7, 11) is 0.